The first-order valence-electron chi connectivity index (χ1n) is 11.5. The minimum atomic E-state index is -0.316. The molecular weight excluding hydrogens is 388 g/mol. The van der Waals surface area contributed by atoms with Crippen LogP contribution in [0.2, 0.25) is 0 Å². The average Bonchev–Trinajstić information content (AvgIpc) is 3.63. The summed E-state index contributed by atoms with van der Waals surface area (Å²) in [4.78, 5) is 24.9. The lowest BCUT2D eigenvalue weighted by Gasteiger charge is -2.32. The number of carbonyl (C=O) groups excluding carboxylic acids is 2. The van der Waals surface area contributed by atoms with E-state index in [4.69, 9.17) is 23.7 Å². The molecule has 2 aliphatic carbocycles. The number of hydrogen-bond acceptors (Lipinski definition) is 7. The first-order valence-corrected chi connectivity index (χ1v) is 11.5. The van der Waals surface area contributed by atoms with E-state index in [0.717, 1.165) is 44.9 Å². The molecule has 8 unspecified atom stereocenters. The van der Waals surface area contributed by atoms with Gasteiger partial charge in [-0.25, -0.2) is 0 Å². The van der Waals surface area contributed by atoms with Gasteiger partial charge in [-0.05, 0) is 50.9 Å². The van der Waals surface area contributed by atoms with Crippen LogP contribution in [0.25, 0.3) is 0 Å². The van der Waals surface area contributed by atoms with Crippen molar-refractivity contribution in [2.45, 2.75) is 83.2 Å². The fourth-order valence-corrected chi connectivity index (χ4v) is 5.35. The van der Waals surface area contributed by atoms with Crippen molar-refractivity contribution in [2.24, 2.45) is 23.2 Å². The second kappa shape index (κ2) is 9.13. The van der Waals surface area contributed by atoms with E-state index in [0.29, 0.717) is 32.0 Å². The molecule has 0 aromatic carbocycles. The Morgan fingerprint density at radius 3 is 2.00 bits per heavy atom. The van der Waals surface area contributed by atoms with Gasteiger partial charge in [0.15, 0.2) is 0 Å². The van der Waals surface area contributed by atoms with Gasteiger partial charge in [0.05, 0.1) is 56.1 Å². The third kappa shape index (κ3) is 5.54. The van der Waals surface area contributed by atoms with Crippen molar-refractivity contribution in [3.8, 4) is 0 Å². The maximum Gasteiger partial charge on any atom is 0.309 e. The number of epoxide rings is 2. The number of esters is 2. The molecule has 0 aromatic rings. The Labute approximate surface area is 179 Å². The summed E-state index contributed by atoms with van der Waals surface area (Å²) in [6.07, 6.45) is 7.25. The monoisotopic (exact) mass is 424 g/mol. The number of fused-ring (bicyclic) bond motifs is 2. The molecule has 7 nitrogen and oxygen atoms in total. The largest absolute Gasteiger partial charge is 0.465 e. The predicted octanol–water partition coefficient (Wildman–Crippen LogP) is 2.89. The molecule has 4 rings (SSSR count). The zero-order valence-electron chi connectivity index (χ0n) is 18.5. The second-order valence-corrected chi connectivity index (χ2v) is 10.2. The van der Waals surface area contributed by atoms with Crippen LogP contribution >= 0.6 is 0 Å². The summed E-state index contributed by atoms with van der Waals surface area (Å²) in [5.41, 5.74) is -0.316. The normalized spacial score (nSPS) is 37.2. The molecule has 8 atom stereocenters. The Morgan fingerprint density at radius 2 is 1.47 bits per heavy atom. The summed E-state index contributed by atoms with van der Waals surface area (Å²) in [5, 5.41) is 0. The second-order valence-electron chi connectivity index (χ2n) is 10.2. The van der Waals surface area contributed by atoms with E-state index in [2.05, 4.69) is 13.8 Å². The van der Waals surface area contributed by atoms with Crippen LogP contribution < -0.4 is 0 Å². The molecule has 30 heavy (non-hydrogen) atoms. The predicted molar refractivity (Wildman–Crippen MR) is 108 cm³/mol. The highest BCUT2D eigenvalue weighted by molar-refractivity contribution is 5.73. The molecule has 4 fully saturated rings. The van der Waals surface area contributed by atoms with Gasteiger partial charge < -0.3 is 23.7 Å². The standard InChI is InChI=1S/C23H36O7/c1-14(11-27-21(24)15-4-6-17-19(8-15)29-17)10-23(2,12-26-3)13-28-22(25)16-5-7-18-20(9-16)30-18/h14-20H,4-13H2,1-3H3. The molecule has 170 valence electrons. The average molecular weight is 425 g/mol. The third-order valence-corrected chi connectivity index (χ3v) is 7.08. The highest BCUT2D eigenvalue weighted by atomic mass is 16.6. The van der Waals surface area contributed by atoms with E-state index in [1.165, 1.54) is 0 Å². The fourth-order valence-electron chi connectivity index (χ4n) is 5.35. The van der Waals surface area contributed by atoms with E-state index in [1.807, 2.05) is 0 Å². The molecule has 0 aromatic heterocycles. The molecule has 4 aliphatic rings. The SMILES string of the molecule is COCC(C)(COC(=O)C1CCC2OC2C1)CC(C)COC(=O)C1CCC2OC2C1. The van der Waals surface area contributed by atoms with Crippen LogP contribution in [-0.2, 0) is 33.3 Å². The quantitative estimate of drug-likeness (QED) is 0.394. The van der Waals surface area contributed by atoms with E-state index >= 15 is 0 Å². The smallest absolute Gasteiger partial charge is 0.309 e. The molecule has 0 amide bonds. The van der Waals surface area contributed by atoms with Gasteiger partial charge in [0.2, 0.25) is 0 Å². The van der Waals surface area contributed by atoms with Crippen molar-refractivity contribution in [1.29, 1.82) is 0 Å². The third-order valence-electron chi connectivity index (χ3n) is 7.08. The van der Waals surface area contributed by atoms with Crippen LogP contribution in [0, 0.1) is 23.2 Å². The van der Waals surface area contributed by atoms with E-state index in [-0.39, 0.29) is 47.3 Å². The first-order chi connectivity index (χ1) is 14.4. The zero-order valence-corrected chi connectivity index (χ0v) is 18.5. The highest BCUT2D eigenvalue weighted by Crippen LogP contribution is 2.41. The van der Waals surface area contributed by atoms with Crippen LogP contribution in [0.15, 0.2) is 0 Å². The van der Waals surface area contributed by atoms with Crippen molar-refractivity contribution in [3.63, 3.8) is 0 Å². The van der Waals surface area contributed by atoms with Gasteiger partial charge in [0.25, 0.3) is 0 Å². The van der Waals surface area contributed by atoms with Crippen molar-refractivity contribution >= 4 is 11.9 Å². The lowest BCUT2D eigenvalue weighted by Crippen LogP contribution is -2.35. The highest BCUT2D eigenvalue weighted by Gasteiger charge is 2.47. The Bertz CT molecular complexity index is 637. The van der Waals surface area contributed by atoms with E-state index in [9.17, 15) is 9.59 Å². The number of ether oxygens (including phenoxy) is 5. The molecule has 2 saturated carbocycles. The van der Waals surface area contributed by atoms with Crippen LogP contribution in [-0.4, -0.2) is 63.3 Å². The van der Waals surface area contributed by atoms with Gasteiger partial charge in [0.1, 0.15) is 0 Å². The van der Waals surface area contributed by atoms with Gasteiger partial charge in [-0.3, -0.25) is 9.59 Å². The van der Waals surface area contributed by atoms with Gasteiger partial charge in [-0.1, -0.05) is 13.8 Å². The minimum Gasteiger partial charge on any atom is -0.465 e. The number of hydrogen-bond donors (Lipinski definition) is 0. The molecule has 7 heteroatoms. The summed E-state index contributed by atoms with van der Waals surface area (Å²) >= 11 is 0. The maximum absolute atomic E-state index is 12.5. The summed E-state index contributed by atoms with van der Waals surface area (Å²) in [7, 11) is 1.66. The Hall–Kier alpha value is -1.18. The Kier molecular flexibility index (Phi) is 6.70. The maximum atomic E-state index is 12.5. The molecule has 2 aliphatic heterocycles. The van der Waals surface area contributed by atoms with Gasteiger partial charge >= 0.3 is 11.9 Å². The molecule has 0 bridgehead atoms. The van der Waals surface area contributed by atoms with E-state index < -0.39 is 0 Å². The van der Waals surface area contributed by atoms with Gasteiger partial charge in [-0.15, -0.1) is 0 Å². The number of carbonyl (C=O) groups is 2. The molecule has 2 saturated heterocycles. The van der Waals surface area contributed by atoms with Crippen LogP contribution in [0.1, 0.15) is 58.8 Å². The van der Waals surface area contributed by atoms with Crippen molar-refractivity contribution in [1.82, 2.24) is 0 Å². The fraction of sp³-hybridized carbons (Fsp3) is 0.913. The van der Waals surface area contributed by atoms with Crippen molar-refractivity contribution < 1.29 is 33.3 Å². The zero-order chi connectivity index (χ0) is 21.3. The summed E-state index contributed by atoms with van der Waals surface area (Å²) < 4.78 is 27.8. The molecular formula is C23H36O7. The molecule has 0 spiro atoms. The van der Waals surface area contributed by atoms with Crippen LogP contribution in [0.4, 0.5) is 0 Å². The summed E-state index contributed by atoms with van der Waals surface area (Å²) in [5.74, 6) is -0.157. The summed E-state index contributed by atoms with van der Waals surface area (Å²) in [6, 6.07) is 0. The van der Waals surface area contributed by atoms with Crippen molar-refractivity contribution in [2.75, 3.05) is 26.9 Å². The number of methoxy groups -OCH3 is 1. The molecule has 2 heterocycles. The molecule has 0 N–H and O–H groups in total. The topological polar surface area (TPSA) is 86.9 Å². The van der Waals surface area contributed by atoms with E-state index in [1.54, 1.807) is 7.11 Å². The number of rotatable bonds is 10. The Balaban J connectivity index is 1.19. The lowest BCUT2D eigenvalue weighted by molar-refractivity contribution is -0.155. The van der Waals surface area contributed by atoms with Gasteiger partial charge in [-0.2, -0.15) is 0 Å². The first kappa shape index (κ1) is 22.0. The van der Waals surface area contributed by atoms with Gasteiger partial charge in [0, 0.05) is 12.5 Å². The van der Waals surface area contributed by atoms with Crippen LogP contribution in [0.5, 0.6) is 0 Å². The Morgan fingerprint density at radius 1 is 0.900 bits per heavy atom. The summed E-state index contributed by atoms with van der Waals surface area (Å²) in [6.45, 7) is 5.30. The van der Waals surface area contributed by atoms with Crippen molar-refractivity contribution in [3.05, 3.63) is 0 Å². The molecule has 0 radical (unpaired) electrons. The van der Waals surface area contributed by atoms with Crippen LogP contribution in [0.3, 0.4) is 0 Å². The lowest BCUT2D eigenvalue weighted by atomic mass is 9.83. The minimum absolute atomic E-state index is 0.0298.